The Kier molecular flexibility index (Phi) is 12.4. The third-order valence-electron chi connectivity index (χ3n) is 5.70. The van der Waals surface area contributed by atoms with Crippen molar-refractivity contribution >= 4 is 35.9 Å². The summed E-state index contributed by atoms with van der Waals surface area (Å²) in [4.78, 5) is 18.9. The molecule has 2 fully saturated rings. The summed E-state index contributed by atoms with van der Waals surface area (Å²) < 4.78 is 5.16. The molecule has 0 aromatic rings. The van der Waals surface area contributed by atoms with E-state index in [1.54, 1.807) is 0 Å². The fourth-order valence-corrected chi connectivity index (χ4v) is 4.36. The van der Waals surface area contributed by atoms with Crippen LogP contribution in [-0.4, -0.2) is 62.7 Å². The number of nitrogens with one attached hydrogen (secondary N) is 2. The minimum atomic E-state index is -0.0262. The first-order valence-electron chi connectivity index (χ1n) is 10.9. The molecule has 6 nitrogen and oxygen atoms in total. The minimum absolute atomic E-state index is 0. The molecule has 1 heterocycles. The Morgan fingerprint density at radius 1 is 1.21 bits per heavy atom. The number of ether oxygens (including phenoxy) is 1. The smallest absolute Gasteiger partial charge is 0.308 e. The van der Waals surface area contributed by atoms with E-state index in [2.05, 4.69) is 34.4 Å². The van der Waals surface area contributed by atoms with E-state index in [-0.39, 0.29) is 35.9 Å². The number of halogens is 1. The maximum absolute atomic E-state index is 11.9. The molecular formula is C21H41IN4O2. The van der Waals surface area contributed by atoms with E-state index in [0.29, 0.717) is 18.6 Å². The molecule has 0 bridgehead atoms. The molecule has 2 N–H and O–H groups in total. The molecule has 7 heteroatoms. The normalized spacial score (nSPS) is 26.5. The van der Waals surface area contributed by atoms with Crippen LogP contribution >= 0.6 is 24.0 Å². The van der Waals surface area contributed by atoms with Gasteiger partial charge in [-0.05, 0) is 63.8 Å². The molecule has 1 saturated carbocycles. The topological polar surface area (TPSA) is 66.0 Å². The van der Waals surface area contributed by atoms with E-state index >= 15 is 0 Å². The van der Waals surface area contributed by atoms with Crippen molar-refractivity contribution in [2.75, 3.05) is 39.8 Å². The Hall–Kier alpha value is -0.570. The first-order chi connectivity index (χ1) is 13.0. The second-order valence-corrected chi connectivity index (χ2v) is 8.56. The van der Waals surface area contributed by atoms with E-state index in [1.807, 2.05) is 14.0 Å². The van der Waals surface area contributed by atoms with Gasteiger partial charge in [-0.2, -0.15) is 0 Å². The van der Waals surface area contributed by atoms with Gasteiger partial charge in [0.2, 0.25) is 0 Å². The number of guanidine groups is 1. The molecule has 0 radical (unpaired) electrons. The van der Waals surface area contributed by atoms with Gasteiger partial charge in [-0.25, -0.2) is 0 Å². The second kappa shape index (κ2) is 13.6. The Morgan fingerprint density at radius 2 is 1.93 bits per heavy atom. The molecule has 0 aromatic heterocycles. The SMILES string of the molecule is CCOC(=O)C1CCC(NC(=NC)NCC2CCCN(CC(C)C)C2)CC1.I. The largest absolute Gasteiger partial charge is 0.466 e. The predicted molar refractivity (Wildman–Crippen MR) is 126 cm³/mol. The van der Waals surface area contributed by atoms with Crippen LogP contribution in [-0.2, 0) is 9.53 Å². The molecular weight excluding hydrogens is 467 g/mol. The second-order valence-electron chi connectivity index (χ2n) is 8.56. The van der Waals surface area contributed by atoms with Gasteiger partial charge in [-0.15, -0.1) is 24.0 Å². The molecule has 1 saturated heterocycles. The predicted octanol–water partition coefficient (Wildman–Crippen LogP) is 3.26. The van der Waals surface area contributed by atoms with E-state index in [0.717, 1.165) is 44.1 Å². The molecule has 2 rings (SSSR count). The highest BCUT2D eigenvalue weighted by Gasteiger charge is 2.28. The van der Waals surface area contributed by atoms with Crippen molar-refractivity contribution in [1.82, 2.24) is 15.5 Å². The molecule has 2 aliphatic rings. The molecule has 28 heavy (non-hydrogen) atoms. The van der Waals surface area contributed by atoms with Gasteiger partial charge < -0.3 is 20.3 Å². The lowest BCUT2D eigenvalue weighted by atomic mass is 9.86. The summed E-state index contributed by atoms with van der Waals surface area (Å²) in [7, 11) is 1.84. The van der Waals surface area contributed by atoms with Crippen LogP contribution in [0.25, 0.3) is 0 Å². The summed E-state index contributed by atoms with van der Waals surface area (Å²) in [6.07, 6.45) is 6.39. The quantitative estimate of drug-likeness (QED) is 0.239. The molecule has 164 valence electrons. The van der Waals surface area contributed by atoms with Gasteiger partial charge in [0.05, 0.1) is 12.5 Å². The Balaban J connectivity index is 0.00000392. The van der Waals surface area contributed by atoms with Crippen molar-refractivity contribution in [3.63, 3.8) is 0 Å². The number of carbonyl (C=O) groups excluding carboxylic acids is 1. The number of esters is 1. The van der Waals surface area contributed by atoms with Crippen molar-refractivity contribution < 1.29 is 9.53 Å². The van der Waals surface area contributed by atoms with E-state index < -0.39 is 0 Å². The zero-order chi connectivity index (χ0) is 19.6. The van der Waals surface area contributed by atoms with Gasteiger partial charge in [0.1, 0.15) is 0 Å². The highest BCUT2D eigenvalue weighted by Crippen LogP contribution is 2.25. The highest BCUT2D eigenvalue weighted by molar-refractivity contribution is 14.0. The van der Waals surface area contributed by atoms with Crippen LogP contribution in [0.5, 0.6) is 0 Å². The maximum Gasteiger partial charge on any atom is 0.308 e. The third kappa shape index (κ3) is 8.84. The number of carbonyl (C=O) groups is 1. The monoisotopic (exact) mass is 508 g/mol. The summed E-state index contributed by atoms with van der Waals surface area (Å²) in [6.45, 7) is 11.5. The number of piperidine rings is 1. The molecule has 1 unspecified atom stereocenters. The Labute approximate surface area is 188 Å². The minimum Gasteiger partial charge on any atom is -0.466 e. The number of likely N-dealkylation sites (tertiary alicyclic amines) is 1. The van der Waals surface area contributed by atoms with Gasteiger partial charge in [-0.3, -0.25) is 9.79 Å². The summed E-state index contributed by atoms with van der Waals surface area (Å²) >= 11 is 0. The fourth-order valence-electron chi connectivity index (χ4n) is 4.36. The number of hydrogen-bond acceptors (Lipinski definition) is 4. The number of rotatable bonds is 7. The lowest BCUT2D eigenvalue weighted by molar-refractivity contribution is -0.149. The van der Waals surface area contributed by atoms with Crippen molar-refractivity contribution in [1.29, 1.82) is 0 Å². The summed E-state index contributed by atoms with van der Waals surface area (Å²) in [5, 5.41) is 7.09. The average Bonchev–Trinajstić information content (AvgIpc) is 2.65. The van der Waals surface area contributed by atoms with Crippen LogP contribution in [0.2, 0.25) is 0 Å². The van der Waals surface area contributed by atoms with Crippen molar-refractivity contribution in [2.45, 2.75) is 65.3 Å². The van der Waals surface area contributed by atoms with Gasteiger partial charge in [0.25, 0.3) is 0 Å². The summed E-state index contributed by atoms with van der Waals surface area (Å²) in [5.74, 6) is 2.37. The first kappa shape index (κ1) is 25.5. The van der Waals surface area contributed by atoms with Crippen LogP contribution in [0.4, 0.5) is 0 Å². The zero-order valence-electron chi connectivity index (χ0n) is 18.2. The molecule has 0 aromatic carbocycles. The maximum atomic E-state index is 11.9. The lowest BCUT2D eigenvalue weighted by Gasteiger charge is -2.34. The Bertz CT molecular complexity index is 479. The van der Waals surface area contributed by atoms with Crippen LogP contribution < -0.4 is 10.6 Å². The van der Waals surface area contributed by atoms with Crippen molar-refractivity contribution in [3.8, 4) is 0 Å². The third-order valence-corrected chi connectivity index (χ3v) is 5.70. The van der Waals surface area contributed by atoms with Crippen LogP contribution in [0, 0.1) is 17.8 Å². The summed E-state index contributed by atoms with van der Waals surface area (Å²) in [6, 6.07) is 0.394. The number of nitrogens with zero attached hydrogens (tertiary/aromatic N) is 2. The zero-order valence-corrected chi connectivity index (χ0v) is 20.5. The van der Waals surface area contributed by atoms with Gasteiger partial charge in [-0.1, -0.05) is 13.8 Å². The van der Waals surface area contributed by atoms with Gasteiger partial charge in [0.15, 0.2) is 5.96 Å². The van der Waals surface area contributed by atoms with Crippen LogP contribution in [0.15, 0.2) is 4.99 Å². The van der Waals surface area contributed by atoms with Crippen molar-refractivity contribution in [3.05, 3.63) is 0 Å². The van der Waals surface area contributed by atoms with Gasteiger partial charge in [0, 0.05) is 32.7 Å². The molecule has 1 aliphatic carbocycles. The standard InChI is InChI=1S/C21H40N4O2.HI/c1-5-27-20(26)18-8-10-19(11-9-18)24-21(22-4)23-13-17-7-6-12-25(15-17)14-16(2)3;/h16-19H,5-15H2,1-4H3,(H2,22,23,24);1H. The summed E-state index contributed by atoms with van der Waals surface area (Å²) in [5.41, 5.74) is 0. The first-order valence-corrected chi connectivity index (χ1v) is 10.9. The molecule has 1 aliphatic heterocycles. The molecule has 0 amide bonds. The average molecular weight is 508 g/mol. The lowest BCUT2D eigenvalue weighted by Crippen LogP contribution is -2.48. The van der Waals surface area contributed by atoms with Gasteiger partial charge >= 0.3 is 5.97 Å². The molecule has 1 atom stereocenters. The van der Waals surface area contributed by atoms with E-state index in [9.17, 15) is 4.79 Å². The Morgan fingerprint density at radius 3 is 2.54 bits per heavy atom. The van der Waals surface area contributed by atoms with Crippen molar-refractivity contribution in [2.24, 2.45) is 22.7 Å². The fraction of sp³-hybridized carbons (Fsp3) is 0.905. The number of aliphatic imine (C=N–C) groups is 1. The number of hydrogen-bond donors (Lipinski definition) is 2. The van der Waals surface area contributed by atoms with Crippen LogP contribution in [0.3, 0.4) is 0 Å². The van der Waals surface area contributed by atoms with E-state index in [1.165, 1.54) is 32.5 Å². The highest BCUT2D eigenvalue weighted by atomic mass is 127. The van der Waals surface area contributed by atoms with E-state index in [4.69, 9.17) is 4.74 Å². The van der Waals surface area contributed by atoms with Crippen LogP contribution in [0.1, 0.15) is 59.3 Å². The molecule has 0 spiro atoms.